The Labute approximate surface area is 144 Å². The van der Waals surface area contributed by atoms with Crippen LogP contribution in [0, 0.1) is 11.8 Å². The summed E-state index contributed by atoms with van der Waals surface area (Å²) in [5.74, 6) is 1.14. The molecule has 1 saturated carbocycles. The first-order valence-corrected chi connectivity index (χ1v) is 9.96. The lowest BCUT2D eigenvalue weighted by molar-refractivity contribution is -0.0522. The molecule has 4 atom stereocenters. The highest BCUT2D eigenvalue weighted by molar-refractivity contribution is 4.74. The second-order valence-electron chi connectivity index (χ2n) is 7.51. The van der Waals surface area contributed by atoms with Crippen LogP contribution >= 0.6 is 0 Å². The van der Waals surface area contributed by atoms with E-state index in [4.69, 9.17) is 14.6 Å². The molecule has 0 aromatic carbocycles. The van der Waals surface area contributed by atoms with Crippen molar-refractivity contribution in [3.05, 3.63) is 0 Å². The third kappa shape index (κ3) is 8.51. The summed E-state index contributed by atoms with van der Waals surface area (Å²) in [6.07, 6.45) is 11.8. The van der Waals surface area contributed by atoms with Gasteiger partial charge in [0.05, 0.1) is 18.3 Å². The number of hydrogen-bond donors (Lipinski definition) is 1. The summed E-state index contributed by atoms with van der Waals surface area (Å²) in [6.45, 7) is 10.1. The molecule has 0 heterocycles. The fourth-order valence-electron chi connectivity index (χ4n) is 3.52. The molecule has 1 aliphatic carbocycles. The molecule has 3 nitrogen and oxygen atoms in total. The number of rotatable bonds is 12. The Bertz CT molecular complexity index is 276. The summed E-state index contributed by atoms with van der Waals surface area (Å²) in [5.41, 5.74) is 0. The van der Waals surface area contributed by atoms with Crippen LogP contribution < -0.4 is 0 Å². The minimum atomic E-state index is 0.264. The van der Waals surface area contributed by atoms with Gasteiger partial charge in [0.1, 0.15) is 0 Å². The molecule has 0 aliphatic heterocycles. The first-order valence-electron chi connectivity index (χ1n) is 9.96. The quantitative estimate of drug-likeness (QED) is 0.515. The lowest BCUT2D eigenvalue weighted by Crippen LogP contribution is -2.30. The van der Waals surface area contributed by atoms with Gasteiger partial charge in [-0.25, -0.2) is 0 Å². The Kier molecular flexibility index (Phi) is 11.2. The van der Waals surface area contributed by atoms with Gasteiger partial charge in [-0.1, -0.05) is 40.0 Å². The Morgan fingerprint density at radius 1 is 1.04 bits per heavy atom. The second kappa shape index (κ2) is 12.3. The highest BCUT2D eigenvalue weighted by Gasteiger charge is 2.25. The fourth-order valence-corrected chi connectivity index (χ4v) is 3.52. The summed E-state index contributed by atoms with van der Waals surface area (Å²) in [6, 6.07) is 0. The molecule has 0 amide bonds. The molecule has 1 N–H and O–H groups in total. The Morgan fingerprint density at radius 3 is 2.35 bits per heavy atom. The van der Waals surface area contributed by atoms with E-state index in [9.17, 15) is 0 Å². The smallest absolute Gasteiger partial charge is 0.0579 e. The van der Waals surface area contributed by atoms with Crippen molar-refractivity contribution in [2.24, 2.45) is 11.8 Å². The van der Waals surface area contributed by atoms with Crippen molar-refractivity contribution in [2.75, 3.05) is 13.2 Å². The number of aliphatic hydroxyl groups is 1. The van der Waals surface area contributed by atoms with Crippen LogP contribution in [0.25, 0.3) is 0 Å². The van der Waals surface area contributed by atoms with Crippen molar-refractivity contribution in [3.8, 4) is 0 Å². The highest BCUT2D eigenvalue weighted by Crippen LogP contribution is 2.28. The van der Waals surface area contributed by atoms with Crippen LogP contribution in [-0.2, 0) is 9.47 Å². The number of ether oxygens (including phenoxy) is 2. The van der Waals surface area contributed by atoms with Gasteiger partial charge < -0.3 is 14.6 Å². The van der Waals surface area contributed by atoms with Crippen LogP contribution in [-0.4, -0.2) is 36.6 Å². The van der Waals surface area contributed by atoms with Gasteiger partial charge in [0.25, 0.3) is 0 Å². The van der Waals surface area contributed by atoms with Crippen molar-refractivity contribution < 1.29 is 14.6 Å². The SMILES string of the molecule is CCC(CC(C)C(C)C(C)OCCCCO)OC1CCCCC1. The maximum absolute atomic E-state index is 8.82. The Hall–Kier alpha value is -0.120. The average Bonchev–Trinajstić information content (AvgIpc) is 2.58. The van der Waals surface area contributed by atoms with E-state index < -0.39 is 0 Å². The third-order valence-electron chi connectivity index (χ3n) is 5.60. The van der Waals surface area contributed by atoms with Gasteiger partial charge in [0, 0.05) is 13.2 Å². The van der Waals surface area contributed by atoms with Gasteiger partial charge >= 0.3 is 0 Å². The van der Waals surface area contributed by atoms with Gasteiger partial charge in [0.2, 0.25) is 0 Å². The number of unbranched alkanes of at least 4 members (excludes halogenated alkanes) is 1. The predicted octanol–water partition coefficient (Wildman–Crippen LogP) is 4.95. The van der Waals surface area contributed by atoms with Crippen molar-refractivity contribution in [1.29, 1.82) is 0 Å². The molecule has 3 heteroatoms. The largest absolute Gasteiger partial charge is 0.396 e. The monoisotopic (exact) mass is 328 g/mol. The third-order valence-corrected chi connectivity index (χ3v) is 5.60. The topological polar surface area (TPSA) is 38.7 Å². The molecule has 0 radical (unpaired) electrons. The normalized spacial score (nSPS) is 21.8. The first kappa shape index (κ1) is 20.9. The summed E-state index contributed by atoms with van der Waals surface area (Å²) in [7, 11) is 0. The molecule has 4 unspecified atom stereocenters. The maximum Gasteiger partial charge on any atom is 0.0579 e. The second-order valence-corrected chi connectivity index (χ2v) is 7.51. The molecular formula is C20H40O3. The van der Waals surface area contributed by atoms with E-state index in [2.05, 4.69) is 27.7 Å². The molecule has 138 valence electrons. The zero-order valence-electron chi connectivity index (χ0n) is 15.9. The molecule has 0 spiro atoms. The van der Waals surface area contributed by atoms with E-state index in [1.165, 1.54) is 32.1 Å². The number of hydrogen-bond acceptors (Lipinski definition) is 3. The van der Waals surface area contributed by atoms with Crippen LogP contribution in [0.3, 0.4) is 0 Å². The van der Waals surface area contributed by atoms with E-state index in [1.54, 1.807) is 0 Å². The van der Waals surface area contributed by atoms with Crippen LogP contribution in [0.4, 0.5) is 0 Å². The van der Waals surface area contributed by atoms with Crippen molar-refractivity contribution in [3.63, 3.8) is 0 Å². The molecule has 0 saturated heterocycles. The Morgan fingerprint density at radius 2 is 1.74 bits per heavy atom. The molecule has 0 aromatic rings. The summed E-state index contributed by atoms with van der Waals surface area (Å²) < 4.78 is 12.3. The number of aliphatic hydroxyl groups excluding tert-OH is 1. The molecule has 0 aromatic heterocycles. The zero-order valence-corrected chi connectivity index (χ0v) is 15.9. The van der Waals surface area contributed by atoms with Crippen molar-refractivity contribution in [1.82, 2.24) is 0 Å². The molecule has 0 bridgehead atoms. The lowest BCUT2D eigenvalue weighted by atomic mass is 9.86. The zero-order chi connectivity index (χ0) is 17.1. The minimum absolute atomic E-state index is 0.264. The van der Waals surface area contributed by atoms with Gasteiger partial charge in [-0.15, -0.1) is 0 Å². The van der Waals surface area contributed by atoms with Crippen molar-refractivity contribution >= 4 is 0 Å². The van der Waals surface area contributed by atoms with Crippen LogP contribution in [0.5, 0.6) is 0 Å². The van der Waals surface area contributed by atoms with E-state index in [-0.39, 0.29) is 12.7 Å². The summed E-state index contributed by atoms with van der Waals surface area (Å²) in [5, 5.41) is 8.82. The van der Waals surface area contributed by atoms with Crippen LogP contribution in [0.2, 0.25) is 0 Å². The average molecular weight is 329 g/mol. The van der Waals surface area contributed by atoms with Crippen LogP contribution in [0.15, 0.2) is 0 Å². The Balaban J connectivity index is 2.30. The van der Waals surface area contributed by atoms with E-state index in [0.29, 0.717) is 24.0 Å². The molecule has 1 aliphatic rings. The predicted molar refractivity (Wildman–Crippen MR) is 96.7 cm³/mol. The van der Waals surface area contributed by atoms with Crippen LogP contribution in [0.1, 0.15) is 85.5 Å². The van der Waals surface area contributed by atoms with Gasteiger partial charge in [-0.2, -0.15) is 0 Å². The van der Waals surface area contributed by atoms with Gasteiger partial charge in [-0.05, 0) is 57.3 Å². The minimum Gasteiger partial charge on any atom is -0.396 e. The molecule has 1 rings (SSSR count). The van der Waals surface area contributed by atoms with E-state index >= 15 is 0 Å². The maximum atomic E-state index is 8.82. The molecular weight excluding hydrogens is 288 g/mol. The van der Waals surface area contributed by atoms with E-state index in [0.717, 1.165) is 32.3 Å². The fraction of sp³-hybridized carbons (Fsp3) is 1.00. The molecule has 23 heavy (non-hydrogen) atoms. The van der Waals surface area contributed by atoms with Crippen molar-refractivity contribution in [2.45, 2.75) is 104 Å². The summed E-state index contributed by atoms with van der Waals surface area (Å²) in [4.78, 5) is 0. The molecule has 1 fully saturated rings. The van der Waals surface area contributed by atoms with Gasteiger partial charge in [0.15, 0.2) is 0 Å². The van der Waals surface area contributed by atoms with E-state index in [1.807, 2.05) is 0 Å². The lowest BCUT2D eigenvalue weighted by Gasteiger charge is -2.32. The highest BCUT2D eigenvalue weighted by atomic mass is 16.5. The van der Waals surface area contributed by atoms with Gasteiger partial charge in [-0.3, -0.25) is 0 Å². The standard InChI is InChI=1S/C20H40O3/c1-5-19(23-20-11-7-6-8-12-20)15-16(2)17(3)18(4)22-14-10-9-13-21/h16-21H,5-15H2,1-4H3. The summed E-state index contributed by atoms with van der Waals surface area (Å²) >= 11 is 0. The first-order chi connectivity index (χ1) is 11.1.